The summed E-state index contributed by atoms with van der Waals surface area (Å²) in [5, 5.41) is 0.515. The smallest absolute Gasteiger partial charge is 0.426 e. The Balaban J connectivity index is 2.73. The number of ether oxygens (including phenoxy) is 1. The third-order valence-corrected chi connectivity index (χ3v) is 3.74. The number of amides is 2. The normalized spacial score (nSPS) is 13.0. The zero-order valence-corrected chi connectivity index (χ0v) is 16.3. The van der Waals surface area contributed by atoms with E-state index in [1.165, 1.54) is 6.07 Å². The highest BCUT2D eigenvalue weighted by molar-refractivity contribution is 9.09. The number of benzene rings is 1. The van der Waals surface area contributed by atoms with Crippen LogP contribution in [0.4, 0.5) is 18.0 Å². The van der Waals surface area contributed by atoms with Crippen LogP contribution < -0.4 is 10.9 Å². The van der Waals surface area contributed by atoms with Gasteiger partial charge in [-0.2, -0.15) is 13.2 Å². The van der Waals surface area contributed by atoms with Crippen LogP contribution in [0.1, 0.15) is 50.7 Å². The van der Waals surface area contributed by atoms with Crippen molar-refractivity contribution in [3.05, 3.63) is 35.4 Å². The van der Waals surface area contributed by atoms with Gasteiger partial charge in [-0.05, 0) is 44.7 Å². The highest BCUT2D eigenvalue weighted by Gasteiger charge is 2.31. The van der Waals surface area contributed by atoms with E-state index in [4.69, 9.17) is 4.74 Å². The highest BCUT2D eigenvalue weighted by Crippen LogP contribution is 2.33. The molecule has 26 heavy (non-hydrogen) atoms. The van der Waals surface area contributed by atoms with E-state index < -0.39 is 35.3 Å². The zero-order valence-electron chi connectivity index (χ0n) is 14.7. The first-order valence-electron chi connectivity index (χ1n) is 7.93. The number of carbonyl (C=O) groups excluding carboxylic acids is 2. The lowest BCUT2D eigenvalue weighted by Gasteiger charge is -2.21. The van der Waals surface area contributed by atoms with Crippen molar-refractivity contribution in [1.82, 2.24) is 10.9 Å². The van der Waals surface area contributed by atoms with E-state index in [-0.39, 0.29) is 6.42 Å². The minimum atomic E-state index is -4.45. The molecule has 0 saturated carbocycles. The summed E-state index contributed by atoms with van der Waals surface area (Å²) in [5.41, 5.74) is 3.26. The van der Waals surface area contributed by atoms with E-state index in [1.54, 1.807) is 26.8 Å². The summed E-state index contributed by atoms with van der Waals surface area (Å²) in [7, 11) is 0. The van der Waals surface area contributed by atoms with Gasteiger partial charge in [0.15, 0.2) is 0 Å². The molecule has 0 aliphatic rings. The summed E-state index contributed by atoms with van der Waals surface area (Å²) in [5.74, 6) is -0.962. The number of hydrazine groups is 1. The van der Waals surface area contributed by atoms with Gasteiger partial charge in [0.2, 0.25) is 5.91 Å². The van der Waals surface area contributed by atoms with Crippen LogP contribution in [0.25, 0.3) is 0 Å². The molecule has 9 heteroatoms. The lowest BCUT2D eigenvalue weighted by molar-refractivity contribution is -0.137. The van der Waals surface area contributed by atoms with Crippen molar-refractivity contribution in [2.45, 2.75) is 51.3 Å². The van der Waals surface area contributed by atoms with Crippen molar-refractivity contribution in [2.75, 3.05) is 5.33 Å². The summed E-state index contributed by atoms with van der Waals surface area (Å²) in [6.45, 7) is 5.02. The molecule has 1 atom stereocenters. The predicted octanol–water partition coefficient (Wildman–Crippen LogP) is 4.52. The van der Waals surface area contributed by atoms with Gasteiger partial charge in [0, 0.05) is 11.8 Å². The van der Waals surface area contributed by atoms with E-state index in [0.717, 1.165) is 12.1 Å². The Morgan fingerprint density at radius 1 is 1.19 bits per heavy atom. The molecule has 0 aromatic heterocycles. The van der Waals surface area contributed by atoms with E-state index in [2.05, 4.69) is 26.8 Å². The van der Waals surface area contributed by atoms with E-state index in [0.29, 0.717) is 17.3 Å². The molecule has 0 radical (unpaired) electrons. The van der Waals surface area contributed by atoms with Crippen molar-refractivity contribution in [2.24, 2.45) is 0 Å². The average molecular weight is 439 g/mol. The van der Waals surface area contributed by atoms with Crippen molar-refractivity contribution in [3.8, 4) is 0 Å². The van der Waals surface area contributed by atoms with E-state index in [9.17, 15) is 22.8 Å². The molecule has 1 aromatic carbocycles. The topological polar surface area (TPSA) is 67.4 Å². The number of rotatable bonds is 5. The number of alkyl halides is 4. The first-order valence-corrected chi connectivity index (χ1v) is 9.05. The first-order chi connectivity index (χ1) is 11.9. The van der Waals surface area contributed by atoms with Gasteiger partial charge >= 0.3 is 12.3 Å². The van der Waals surface area contributed by atoms with E-state index >= 15 is 0 Å². The molecule has 0 aliphatic carbocycles. The van der Waals surface area contributed by atoms with E-state index in [1.807, 2.05) is 0 Å². The highest BCUT2D eigenvalue weighted by atomic mass is 79.9. The van der Waals surface area contributed by atoms with Crippen LogP contribution in [-0.2, 0) is 15.7 Å². The molecule has 1 aromatic rings. The van der Waals surface area contributed by atoms with Crippen LogP contribution in [0.15, 0.2) is 24.3 Å². The predicted molar refractivity (Wildman–Crippen MR) is 94.7 cm³/mol. The van der Waals surface area contributed by atoms with Gasteiger partial charge in [-0.3, -0.25) is 10.2 Å². The molecule has 0 heterocycles. The van der Waals surface area contributed by atoms with Gasteiger partial charge in [0.25, 0.3) is 0 Å². The molecular weight excluding hydrogens is 417 g/mol. The Morgan fingerprint density at radius 3 is 2.38 bits per heavy atom. The van der Waals surface area contributed by atoms with Crippen LogP contribution in [0, 0.1) is 0 Å². The fraction of sp³-hybridized carbons (Fsp3) is 0.529. The van der Waals surface area contributed by atoms with Gasteiger partial charge in [-0.15, -0.1) is 0 Å². The summed E-state index contributed by atoms with van der Waals surface area (Å²) >= 11 is 3.25. The molecule has 1 unspecified atom stereocenters. The summed E-state index contributed by atoms with van der Waals surface area (Å²) in [6.07, 6.45) is -4.89. The molecule has 0 aliphatic heterocycles. The van der Waals surface area contributed by atoms with Crippen molar-refractivity contribution in [1.29, 1.82) is 0 Å². The number of carbonyl (C=O) groups is 2. The first kappa shape index (κ1) is 22.3. The maximum Gasteiger partial charge on any atom is 0.426 e. The minimum Gasteiger partial charge on any atom is -0.443 e. The number of nitrogens with one attached hydrogen (secondary N) is 2. The second-order valence-corrected chi connectivity index (χ2v) is 7.47. The van der Waals surface area contributed by atoms with Gasteiger partial charge in [0.05, 0.1) is 5.56 Å². The maximum atomic E-state index is 12.9. The minimum absolute atomic E-state index is 0.0806. The van der Waals surface area contributed by atoms with Gasteiger partial charge in [0.1, 0.15) is 5.60 Å². The zero-order chi connectivity index (χ0) is 20.0. The van der Waals surface area contributed by atoms with Gasteiger partial charge < -0.3 is 4.74 Å². The quantitative estimate of drug-likeness (QED) is 0.524. The van der Waals surface area contributed by atoms with Gasteiger partial charge in [-0.25, -0.2) is 10.2 Å². The summed E-state index contributed by atoms with van der Waals surface area (Å²) in [6, 6.07) is 4.90. The lowest BCUT2D eigenvalue weighted by atomic mass is 9.91. The molecule has 1 rings (SSSR count). The fourth-order valence-corrected chi connectivity index (χ4v) is 2.74. The second kappa shape index (κ2) is 9.25. The summed E-state index contributed by atoms with van der Waals surface area (Å²) < 4.78 is 43.6. The molecule has 2 amide bonds. The second-order valence-electron chi connectivity index (χ2n) is 6.68. The standard InChI is InChI=1S/C17H22BrF3N2O3/c1-16(2,3)26-15(25)23-22-14(24)10-12(7-8-18)11-5-4-6-13(9-11)17(19,20)21/h4-6,9,12H,7-8,10H2,1-3H3,(H,22,24)(H,23,25). The molecule has 5 nitrogen and oxygen atoms in total. The molecule has 0 saturated heterocycles. The van der Waals surface area contributed by atoms with Crippen LogP contribution >= 0.6 is 15.9 Å². The van der Waals surface area contributed by atoms with Crippen molar-refractivity contribution in [3.63, 3.8) is 0 Å². The third-order valence-electron chi connectivity index (χ3n) is 3.28. The SMILES string of the molecule is CC(C)(C)OC(=O)NNC(=O)CC(CCBr)c1cccc(C(F)(F)F)c1. The molecule has 0 fully saturated rings. The molecule has 146 valence electrons. The Kier molecular flexibility index (Phi) is 7.92. The molecule has 0 spiro atoms. The monoisotopic (exact) mass is 438 g/mol. The van der Waals surface area contributed by atoms with Crippen LogP contribution in [0.3, 0.4) is 0 Å². The largest absolute Gasteiger partial charge is 0.443 e. The Labute approximate surface area is 158 Å². The van der Waals surface area contributed by atoms with Crippen molar-refractivity contribution < 1.29 is 27.5 Å². The van der Waals surface area contributed by atoms with Crippen LogP contribution in [0.2, 0.25) is 0 Å². The number of halogens is 4. The molecule has 0 bridgehead atoms. The third kappa shape index (κ3) is 8.07. The number of hydrogen-bond acceptors (Lipinski definition) is 3. The Bertz CT molecular complexity index is 630. The Hall–Kier alpha value is -1.77. The van der Waals surface area contributed by atoms with Crippen LogP contribution in [0.5, 0.6) is 0 Å². The Morgan fingerprint density at radius 2 is 1.85 bits per heavy atom. The maximum absolute atomic E-state index is 12.9. The molecular formula is C17H22BrF3N2O3. The average Bonchev–Trinajstić information content (AvgIpc) is 2.50. The van der Waals surface area contributed by atoms with Crippen LogP contribution in [-0.4, -0.2) is 22.9 Å². The lowest BCUT2D eigenvalue weighted by Crippen LogP contribution is -2.44. The fourth-order valence-electron chi connectivity index (χ4n) is 2.19. The number of hydrogen-bond donors (Lipinski definition) is 2. The van der Waals surface area contributed by atoms with Crippen molar-refractivity contribution >= 4 is 27.9 Å². The molecule has 2 N–H and O–H groups in total. The summed E-state index contributed by atoms with van der Waals surface area (Å²) in [4.78, 5) is 23.6. The van der Waals surface area contributed by atoms with Gasteiger partial charge in [-0.1, -0.05) is 34.1 Å².